The Hall–Kier alpha value is -2.90. The number of halogens is 1. The molecule has 0 bridgehead atoms. The second-order valence-electron chi connectivity index (χ2n) is 6.23. The Morgan fingerprint density at radius 1 is 1.31 bits per heavy atom. The van der Waals surface area contributed by atoms with E-state index in [2.05, 4.69) is 14.9 Å². The fourth-order valence-corrected chi connectivity index (χ4v) is 3.09. The van der Waals surface area contributed by atoms with E-state index in [4.69, 9.17) is 5.73 Å². The van der Waals surface area contributed by atoms with Crippen molar-refractivity contribution in [2.75, 3.05) is 37.8 Å². The normalized spacial score (nSPS) is 15.1. The number of nitrogens with two attached hydrogens (primary N) is 1. The van der Waals surface area contributed by atoms with Crippen LogP contribution in [0.4, 0.5) is 10.1 Å². The Morgan fingerprint density at radius 2 is 2.08 bits per heavy atom. The Labute approximate surface area is 150 Å². The molecule has 8 heteroatoms. The number of carbonyl (C=O) groups excluding carboxylic acids is 2. The summed E-state index contributed by atoms with van der Waals surface area (Å²) >= 11 is 0. The lowest BCUT2D eigenvalue weighted by atomic mass is 10.1. The lowest BCUT2D eigenvalue weighted by Crippen LogP contribution is -2.48. The average molecular weight is 359 g/mol. The van der Waals surface area contributed by atoms with E-state index in [0.717, 1.165) is 22.3 Å². The maximum atomic E-state index is 12.2. The number of primary amides is 1. The van der Waals surface area contributed by atoms with Gasteiger partial charge in [-0.2, -0.15) is 0 Å². The van der Waals surface area contributed by atoms with Gasteiger partial charge in [-0.15, -0.1) is 0 Å². The minimum Gasteiger partial charge on any atom is -0.367 e. The van der Waals surface area contributed by atoms with Crippen molar-refractivity contribution in [3.05, 3.63) is 30.1 Å². The first-order valence-electron chi connectivity index (χ1n) is 8.62. The minimum absolute atomic E-state index is 0.0142. The third-order valence-corrected chi connectivity index (χ3v) is 4.50. The summed E-state index contributed by atoms with van der Waals surface area (Å²) in [4.78, 5) is 34.4. The standard InChI is InChI=1S/C18H22FN5O2/c19-5-1-2-17(26)24-8-6-23(7-9-24)14-10-15-13(3-4-16(20)25)11-21-18(15)22-12-14/h3-4,10-12H,1-2,5-9H2,(H2,20,25)(H,21,22)/b4-3+. The molecule has 0 atom stereocenters. The van der Waals surface area contributed by atoms with Gasteiger partial charge in [0.2, 0.25) is 11.8 Å². The molecule has 1 fully saturated rings. The predicted molar refractivity (Wildman–Crippen MR) is 98.3 cm³/mol. The Morgan fingerprint density at radius 3 is 2.77 bits per heavy atom. The monoisotopic (exact) mass is 359 g/mol. The molecule has 2 aromatic heterocycles. The van der Waals surface area contributed by atoms with Crippen molar-refractivity contribution in [1.82, 2.24) is 14.9 Å². The highest BCUT2D eigenvalue weighted by molar-refractivity contribution is 5.95. The number of nitrogens with one attached hydrogen (secondary N) is 1. The highest BCUT2D eigenvalue weighted by Crippen LogP contribution is 2.24. The highest BCUT2D eigenvalue weighted by atomic mass is 19.1. The number of aromatic nitrogens is 2. The summed E-state index contributed by atoms with van der Waals surface area (Å²) in [5.41, 5.74) is 7.69. The minimum atomic E-state index is -0.503. The fraction of sp³-hybridized carbons (Fsp3) is 0.389. The van der Waals surface area contributed by atoms with Gasteiger partial charge in [-0.3, -0.25) is 14.0 Å². The fourth-order valence-electron chi connectivity index (χ4n) is 3.09. The number of fused-ring (bicyclic) bond motifs is 1. The predicted octanol–water partition coefficient (Wildman–Crippen LogP) is 1.46. The van der Waals surface area contributed by atoms with Gasteiger partial charge in [0.05, 0.1) is 18.6 Å². The van der Waals surface area contributed by atoms with Crippen molar-refractivity contribution in [2.45, 2.75) is 12.8 Å². The zero-order valence-electron chi connectivity index (χ0n) is 14.4. The maximum absolute atomic E-state index is 12.2. The molecule has 0 spiro atoms. The number of aromatic amines is 1. The van der Waals surface area contributed by atoms with E-state index in [-0.39, 0.29) is 18.7 Å². The number of H-pyrrole nitrogens is 1. The first kappa shape index (κ1) is 17.9. The first-order chi connectivity index (χ1) is 12.6. The first-order valence-corrected chi connectivity index (χ1v) is 8.62. The van der Waals surface area contributed by atoms with Crippen molar-refractivity contribution in [3.8, 4) is 0 Å². The summed E-state index contributed by atoms with van der Waals surface area (Å²) in [5, 5.41) is 0.904. The second kappa shape index (κ2) is 7.99. The Kier molecular flexibility index (Phi) is 5.50. The van der Waals surface area contributed by atoms with Gasteiger partial charge in [0, 0.05) is 55.8 Å². The van der Waals surface area contributed by atoms with E-state index in [0.29, 0.717) is 26.2 Å². The van der Waals surface area contributed by atoms with Crippen molar-refractivity contribution in [2.24, 2.45) is 5.73 Å². The summed E-state index contributed by atoms with van der Waals surface area (Å²) in [6, 6.07) is 2.01. The topological polar surface area (TPSA) is 95.3 Å². The smallest absolute Gasteiger partial charge is 0.241 e. The zero-order valence-corrected chi connectivity index (χ0v) is 14.4. The van der Waals surface area contributed by atoms with Crippen LogP contribution >= 0.6 is 0 Å². The number of hydrogen-bond acceptors (Lipinski definition) is 4. The molecule has 1 aliphatic rings. The lowest BCUT2D eigenvalue weighted by molar-refractivity contribution is -0.131. The van der Waals surface area contributed by atoms with Gasteiger partial charge in [0.1, 0.15) is 5.65 Å². The lowest BCUT2D eigenvalue weighted by Gasteiger charge is -2.36. The molecule has 0 unspecified atom stereocenters. The van der Waals surface area contributed by atoms with Crippen LogP contribution in [0.2, 0.25) is 0 Å². The largest absolute Gasteiger partial charge is 0.367 e. The van der Waals surface area contributed by atoms with Crippen LogP contribution in [0, 0.1) is 0 Å². The Balaban J connectivity index is 1.70. The molecular formula is C18H22FN5O2. The van der Waals surface area contributed by atoms with E-state index in [1.165, 1.54) is 6.08 Å². The van der Waals surface area contributed by atoms with E-state index in [1.54, 1.807) is 23.4 Å². The van der Waals surface area contributed by atoms with Crippen LogP contribution in [0.5, 0.6) is 0 Å². The molecule has 0 aromatic carbocycles. The van der Waals surface area contributed by atoms with Gasteiger partial charge in [0.25, 0.3) is 0 Å². The van der Waals surface area contributed by atoms with Crippen LogP contribution in [-0.4, -0.2) is 59.5 Å². The third kappa shape index (κ3) is 4.01. The quantitative estimate of drug-likeness (QED) is 0.764. The molecule has 3 rings (SSSR count). The molecular weight excluding hydrogens is 337 g/mol. The van der Waals surface area contributed by atoms with Gasteiger partial charge in [-0.25, -0.2) is 4.98 Å². The zero-order chi connectivity index (χ0) is 18.5. The van der Waals surface area contributed by atoms with Gasteiger partial charge < -0.3 is 20.5 Å². The molecule has 3 heterocycles. The number of alkyl halides is 1. The summed E-state index contributed by atoms with van der Waals surface area (Å²) < 4.78 is 12.2. The molecule has 2 amide bonds. The second-order valence-corrected chi connectivity index (χ2v) is 6.23. The number of pyridine rings is 1. The summed E-state index contributed by atoms with van der Waals surface area (Å²) in [5.74, 6) is -0.489. The van der Waals surface area contributed by atoms with Crippen molar-refractivity contribution in [3.63, 3.8) is 0 Å². The number of piperazine rings is 1. The molecule has 1 saturated heterocycles. The van der Waals surface area contributed by atoms with Crippen LogP contribution in [0.15, 0.2) is 24.5 Å². The van der Waals surface area contributed by atoms with E-state index < -0.39 is 12.6 Å². The molecule has 7 nitrogen and oxygen atoms in total. The molecule has 26 heavy (non-hydrogen) atoms. The summed E-state index contributed by atoms with van der Waals surface area (Å²) in [6.45, 7) is 2.17. The number of nitrogens with zero attached hydrogens (tertiary/aromatic N) is 3. The van der Waals surface area contributed by atoms with E-state index in [1.807, 2.05) is 6.07 Å². The van der Waals surface area contributed by atoms with Crippen LogP contribution in [0.3, 0.4) is 0 Å². The molecule has 1 aliphatic heterocycles. The highest BCUT2D eigenvalue weighted by Gasteiger charge is 2.21. The van der Waals surface area contributed by atoms with Crippen LogP contribution in [0.25, 0.3) is 17.1 Å². The van der Waals surface area contributed by atoms with Gasteiger partial charge in [-0.05, 0) is 18.6 Å². The van der Waals surface area contributed by atoms with E-state index >= 15 is 0 Å². The number of carbonyl (C=O) groups is 2. The molecule has 138 valence electrons. The molecule has 0 radical (unpaired) electrons. The van der Waals surface area contributed by atoms with Crippen LogP contribution < -0.4 is 10.6 Å². The summed E-state index contributed by atoms with van der Waals surface area (Å²) in [7, 11) is 0. The number of hydrogen-bond donors (Lipinski definition) is 2. The maximum Gasteiger partial charge on any atom is 0.241 e. The van der Waals surface area contributed by atoms with Gasteiger partial charge in [-0.1, -0.05) is 0 Å². The number of anilines is 1. The van der Waals surface area contributed by atoms with Crippen molar-refractivity contribution >= 4 is 34.6 Å². The number of rotatable bonds is 6. The average Bonchev–Trinajstić information content (AvgIpc) is 3.06. The van der Waals surface area contributed by atoms with Gasteiger partial charge in [0.15, 0.2) is 0 Å². The van der Waals surface area contributed by atoms with Crippen LogP contribution in [0.1, 0.15) is 18.4 Å². The van der Waals surface area contributed by atoms with Gasteiger partial charge >= 0.3 is 0 Å². The SMILES string of the molecule is NC(=O)/C=C/c1c[nH]c2ncc(N3CCN(C(=O)CCCF)CC3)cc12. The summed E-state index contributed by atoms with van der Waals surface area (Å²) in [6.07, 6.45) is 7.10. The van der Waals surface area contributed by atoms with Crippen LogP contribution in [-0.2, 0) is 9.59 Å². The number of amides is 2. The van der Waals surface area contributed by atoms with E-state index in [9.17, 15) is 14.0 Å². The molecule has 2 aromatic rings. The molecule has 3 N–H and O–H groups in total. The van der Waals surface area contributed by atoms with Crippen molar-refractivity contribution < 1.29 is 14.0 Å². The van der Waals surface area contributed by atoms with Crippen molar-refractivity contribution in [1.29, 1.82) is 0 Å². The molecule has 0 aliphatic carbocycles. The third-order valence-electron chi connectivity index (χ3n) is 4.50. The molecule has 0 saturated carbocycles. The Bertz CT molecular complexity index is 824.